The number of nitrogens with two attached hydrogens (primary N) is 1. The first-order valence-corrected chi connectivity index (χ1v) is 5.93. The quantitative estimate of drug-likeness (QED) is 0.511. The third-order valence-corrected chi connectivity index (χ3v) is 2.92. The average molecular weight is 356 g/mol. The van der Waals surface area contributed by atoms with Crippen LogP contribution in [-0.4, -0.2) is 17.6 Å². The summed E-state index contributed by atoms with van der Waals surface area (Å²) in [5.74, 6) is -0.712. The number of alkyl halides is 2. The minimum absolute atomic E-state index is 0.0476. The van der Waals surface area contributed by atoms with E-state index in [1.165, 1.54) is 0 Å². The van der Waals surface area contributed by atoms with Crippen molar-refractivity contribution in [3.63, 3.8) is 0 Å². The highest BCUT2D eigenvalue weighted by molar-refractivity contribution is 14.1. The van der Waals surface area contributed by atoms with Crippen molar-refractivity contribution in [2.24, 2.45) is 5.73 Å². The second-order valence-electron chi connectivity index (χ2n) is 3.09. The van der Waals surface area contributed by atoms with Gasteiger partial charge in [-0.05, 0) is 35.6 Å². The fourth-order valence-corrected chi connectivity index (χ4v) is 2.06. The molecule has 0 unspecified atom stereocenters. The molecule has 0 saturated heterocycles. The molecule has 2 N–H and O–H groups in total. The van der Waals surface area contributed by atoms with Gasteiger partial charge >= 0.3 is 5.97 Å². The van der Waals surface area contributed by atoms with Crippen molar-refractivity contribution in [3.05, 3.63) is 26.6 Å². The van der Waals surface area contributed by atoms with E-state index in [9.17, 15) is 13.6 Å². The Bertz CT molecular complexity index is 427. The van der Waals surface area contributed by atoms with E-state index in [0.29, 0.717) is 3.70 Å². The predicted molar refractivity (Wildman–Crippen MR) is 65.8 cm³/mol. The average Bonchev–Trinajstić information content (AvgIpc) is 2.28. The Morgan fingerprint density at radius 1 is 1.65 bits per heavy atom. The molecule has 7 heteroatoms. The van der Waals surface area contributed by atoms with E-state index < -0.39 is 12.4 Å². The molecule has 17 heavy (non-hydrogen) atoms. The fraction of sp³-hybridized carbons (Fsp3) is 0.400. The number of rotatable bonds is 4. The van der Waals surface area contributed by atoms with Crippen molar-refractivity contribution < 1.29 is 18.3 Å². The van der Waals surface area contributed by atoms with E-state index in [1.54, 1.807) is 29.5 Å². The Labute approximate surface area is 111 Å². The molecular formula is C10H11F2IN2O2. The first-order valence-electron chi connectivity index (χ1n) is 4.85. The third kappa shape index (κ3) is 3.32. The molecule has 0 amide bonds. The zero-order chi connectivity index (χ0) is 13.0. The number of hydrogen-bond donors (Lipinski definition) is 1. The van der Waals surface area contributed by atoms with Gasteiger partial charge in [0.1, 0.15) is 9.39 Å². The van der Waals surface area contributed by atoms with Gasteiger partial charge in [-0.25, -0.2) is 18.6 Å². The molecule has 0 bridgehead atoms. The van der Waals surface area contributed by atoms with Gasteiger partial charge in [-0.1, -0.05) is 0 Å². The molecular weight excluding hydrogens is 345 g/mol. The van der Waals surface area contributed by atoms with Crippen LogP contribution in [0.1, 0.15) is 35.0 Å². The number of halogens is 3. The van der Waals surface area contributed by atoms with E-state index in [2.05, 4.69) is 4.98 Å². The summed E-state index contributed by atoms with van der Waals surface area (Å²) in [7, 11) is 0. The highest BCUT2D eigenvalue weighted by Gasteiger charge is 2.20. The van der Waals surface area contributed by atoms with Crippen molar-refractivity contribution in [1.29, 1.82) is 0 Å². The van der Waals surface area contributed by atoms with Crippen LogP contribution in [-0.2, 0) is 11.3 Å². The highest BCUT2D eigenvalue weighted by atomic mass is 127. The summed E-state index contributed by atoms with van der Waals surface area (Å²) in [4.78, 5) is 15.3. The Kier molecular flexibility index (Phi) is 5.19. The van der Waals surface area contributed by atoms with Crippen LogP contribution < -0.4 is 5.73 Å². The van der Waals surface area contributed by atoms with Gasteiger partial charge in [-0.15, -0.1) is 0 Å². The van der Waals surface area contributed by atoms with Gasteiger partial charge in [-0.3, -0.25) is 0 Å². The highest BCUT2D eigenvalue weighted by Crippen LogP contribution is 2.26. The van der Waals surface area contributed by atoms with Crippen molar-refractivity contribution in [3.8, 4) is 0 Å². The van der Waals surface area contributed by atoms with Gasteiger partial charge in [0, 0.05) is 17.7 Å². The second-order valence-corrected chi connectivity index (χ2v) is 4.11. The number of nitrogens with zero attached hydrogens (tertiary/aromatic N) is 1. The van der Waals surface area contributed by atoms with Gasteiger partial charge in [-0.2, -0.15) is 0 Å². The first kappa shape index (κ1) is 14.2. The zero-order valence-corrected chi connectivity index (χ0v) is 11.2. The Balaban J connectivity index is 3.24. The second kappa shape index (κ2) is 6.20. The number of pyridine rings is 1. The summed E-state index contributed by atoms with van der Waals surface area (Å²) in [5.41, 5.74) is 5.25. The Morgan fingerprint density at radius 3 is 2.76 bits per heavy atom. The lowest BCUT2D eigenvalue weighted by atomic mass is 10.1. The summed E-state index contributed by atoms with van der Waals surface area (Å²) in [6.07, 6.45) is -2.70. The number of hydrogen-bond acceptors (Lipinski definition) is 4. The van der Waals surface area contributed by atoms with E-state index >= 15 is 0 Å². The number of carbonyl (C=O) groups excluding carboxylic acids is 1. The molecule has 1 aromatic heterocycles. The summed E-state index contributed by atoms with van der Waals surface area (Å²) >= 11 is 1.77. The number of ether oxygens (including phenoxy) is 1. The van der Waals surface area contributed by atoms with E-state index in [-0.39, 0.29) is 30.0 Å². The van der Waals surface area contributed by atoms with Crippen molar-refractivity contribution >= 4 is 28.6 Å². The Hall–Kier alpha value is -0.830. The lowest BCUT2D eigenvalue weighted by Crippen LogP contribution is -2.13. The molecule has 0 aliphatic carbocycles. The smallest absolute Gasteiger partial charge is 0.356 e. The monoisotopic (exact) mass is 356 g/mol. The zero-order valence-electron chi connectivity index (χ0n) is 9.04. The van der Waals surface area contributed by atoms with Crippen LogP contribution in [0, 0.1) is 3.70 Å². The number of aromatic nitrogens is 1. The maximum absolute atomic E-state index is 12.8. The number of esters is 1. The minimum atomic E-state index is -2.70. The van der Waals surface area contributed by atoms with Gasteiger partial charge in [0.05, 0.1) is 6.61 Å². The van der Waals surface area contributed by atoms with E-state index in [1.807, 2.05) is 0 Å². The molecule has 1 heterocycles. The lowest BCUT2D eigenvalue weighted by Gasteiger charge is -2.10. The lowest BCUT2D eigenvalue weighted by molar-refractivity contribution is 0.0518. The maximum Gasteiger partial charge on any atom is 0.356 e. The van der Waals surface area contributed by atoms with Crippen LogP contribution in [0.2, 0.25) is 0 Å². The van der Waals surface area contributed by atoms with Gasteiger partial charge in [0.25, 0.3) is 6.43 Å². The molecule has 0 aliphatic heterocycles. The maximum atomic E-state index is 12.8. The fourth-order valence-electron chi connectivity index (χ4n) is 1.27. The van der Waals surface area contributed by atoms with Crippen molar-refractivity contribution in [1.82, 2.24) is 4.98 Å². The van der Waals surface area contributed by atoms with Crippen molar-refractivity contribution in [2.75, 3.05) is 6.61 Å². The minimum Gasteiger partial charge on any atom is -0.461 e. The van der Waals surface area contributed by atoms with Gasteiger partial charge in [0.15, 0.2) is 0 Å². The van der Waals surface area contributed by atoms with Crippen molar-refractivity contribution in [2.45, 2.75) is 19.9 Å². The molecule has 0 aromatic carbocycles. The van der Waals surface area contributed by atoms with Crippen LogP contribution in [0.4, 0.5) is 8.78 Å². The summed E-state index contributed by atoms with van der Waals surface area (Å²) in [6, 6.07) is 1.03. The molecule has 0 saturated carbocycles. The third-order valence-electron chi connectivity index (χ3n) is 2.03. The molecule has 0 atom stereocenters. The normalized spacial score (nSPS) is 10.7. The molecule has 4 nitrogen and oxygen atoms in total. The molecule has 0 radical (unpaired) electrons. The largest absolute Gasteiger partial charge is 0.461 e. The standard InChI is InChI=1S/C10H11F2IN2O2/c1-2-17-10(16)7-3-5(8(11)12)6(4-14)9(13)15-7/h3,8H,2,4,14H2,1H3. The molecule has 1 aromatic rings. The molecule has 1 rings (SSSR count). The van der Waals surface area contributed by atoms with Crippen LogP contribution in [0.3, 0.4) is 0 Å². The summed E-state index contributed by atoms with van der Waals surface area (Å²) < 4.78 is 30.6. The molecule has 94 valence electrons. The summed E-state index contributed by atoms with van der Waals surface area (Å²) in [6.45, 7) is 1.75. The predicted octanol–water partition coefficient (Wildman–Crippen LogP) is 2.26. The van der Waals surface area contributed by atoms with E-state index in [0.717, 1.165) is 6.07 Å². The van der Waals surface area contributed by atoms with Crippen LogP contribution in [0.15, 0.2) is 6.07 Å². The first-order chi connectivity index (χ1) is 8.01. The Morgan fingerprint density at radius 2 is 2.29 bits per heavy atom. The molecule has 0 spiro atoms. The SMILES string of the molecule is CCOC(=O)c1cc(C(F)F)c(CN)c(I)n1. The van der Waals surface area contributed by atoms with Gasteiger partial charge < -0.3 is 10.5 Å². The van der Waals surface area contributed by atoms with Gasteiger partial charge in [0.2, 0.25) is 0 Å². The topological polar surface area (TPSA) is 65.2 Å². The molecule has 0 aliphatic rings. The molecule has 0 fully saturated rings. The van der Waals surface area contributed by atoms with Crippen LogP contribution in [0.25, 0.3) is 0 Å². The number of carbonyl (C=O) groups is 1. The summed E-state index contributed by atoms with van der Waals surface area (Å²) in [5, 5.41) is 0. The van der Waals surface area contributed by atoms with Crippen LogP contribution >= 0.6 is 22.6 Å². The van der Waals surface area contributed by atoms with E-state index in [4.69, 9.17) is 10.5 Å². The van der Waals surface area contributed by atoms with Crippen LogP contribution in [0.5, 0.6) is 0 Å².